The van der Waals surface area contributed by atoms with Gasteiger partial charge in [0.1, 0.15) is 0 Å². The van der Waals surface area contributed by atoms with Crippen molar-refractivity contribution in [1.82, 2.24) is 19.7 Å². The maximum Gasteiger partial charge on any atom is 0.288 e. The molecule has 5 rings (SSSR count). The van der Waals surface area contributed by atoms with Crippen LogP contribution in [-0.2, 0) is 11.4 Å². The van der Waals surface area contributed by atoms with E-state index in [1.807, 2.05) is 60.7 Å². The first kappa shape index (κ1) is 18.2. The minimum atomic E-state index is 0.369. The predicted molar refractivity (Wildman–Crippen MR) is 114 cm³/mol. The Kier molecular flexibility index (Phi) is 4.93. The fraction of sp³-hybridized carbons (Fsp3) is 0.227. The molecule has 6 nitrogen and oxygen atoms in total. The second kappa shape index (κ2) is 7.87. The predicted octanol–water partition coefficient (Wildman–Crippen LogP) is 4.38. The number of ether oxygens (including phenoxy) is 1. The van der Waals surface area contributed by atoms with E-state index < -0.39 is 0 Å². The molecule has 0 N–H and O–H groups in total. The van der Waals surface area contributed by atoms with Gasteiger partial charge in [-0.1, -0.05) is 48.5 Å². The smallest absolute Gasteiger partial charge is 0.288 e. The van der Waals surface area contributed by atoms with Gasteiger partial charge >= 0.3 is 0 Å². The quantitative estimate of drug-likeness (QED) is 0.471. The Bertz CT molecular complexity index is 1200. The molecule has 1 aliphatic rings. The topological polar surface area (TPSA) is 56.3 Å². The van der Waals surface area contributed by atoms with Gasteiger partial charge in [-0.25, -0.2) is 9.67 Å². The van der Waals surface area contributed by atoms with Gasteiger partial charge in [0.2, 0.25) is 5.89 Å². The van der Waals surface area contributed by atoms with Crippen molar-refractivity contribution in [2.45, 2.75) is 6.67 Å². The normalized spacial score (nSPS) is 15.0. The average molecular weight is 404 g/mol. The lowest BCUT2D eigenvalue weighted by atomic mass is 10.0. The number of morpholine rings is 1. The highest BCUT2D eigenvalue weighted by molar-refractivity contribution is 7.71. The van der Waals surface area contributed by atoms with Crippen LogP contribution in [0, 0.1) is 4.84 Å². The molecule has 0 amide bonds. The van der Waals surface area contributed by atoms with Crippen molar-refractivity contribution in [2.75, 3.05) is 26.3 Å². The molecule has 3 heterocycles. The summed E-state index contributed by atoms with van der Waals surface area (Å²) in [5, 5.41) is 5.68. The van der Waals surface area contributed by atoms with Crippen LogP contribution < -0.4 is 0 Å². The van der Waals surface area contributed by atoms with Crippen LogP contribution in [0.5, 0.6) is 0 Å². The zero-order valence-corrected chi connectivity index (χ0v) is 16.6. The molecule has 0 bridgehead atoms. The van der Waals surface area contributed by atoms with E-state index in [1.54, 1.807) is 4.68 Å². The molecule has 1 saturated heterocycles. The SMILES string of the molecule is S=c1oc(-c2cc(-c3ccccc3)nc3ccccc23)nn1CN1CCOCC1. The second-order valence-electron chi connectivity index (χ2n) is 6.98. The summed E-state index contributed by atoms with van der Waals surface area (Å²) in [5.41, 5.74) is 3.71. The molecule has 7 heteroatoms. The summed E-state index contributed by atoms with van der Waals surface area (Å²) in [4.78, 5) is 7.45. The van der Waals surface area contributed by atoms with Crippen LogP contribution in [-0.4, -0.2) is 46.0 Å². The summed E-state index contributed by atoms with van der Waals surface area (Å²) in [6.45, 7) is 3.78. The van der Waals surface area contributed by atoms with Crippen LogP contribution >= 0.6 is 12.2 Å². The maximum absolute atomic E-state index is 5.92. The zero-order valence-electron chi connectivity index (χ0n) is 15.8. The molecule has 1 aliphatic heterocycles. The van der Waals surface area contributed by atoms with E-state index in [2.05, 4.69) is 4.90 Å². The minimum Gasteiger partial charge on any atom is -0.409 e. The molecule has 2 aromatic heterocycles. The molecule has 0 saturated carbocycles. The fourth-order valence-corrected chi connectivity index (χ4v) is 3.72. The van der Waals surface area contributed by atoms with Gasteiger partial charge in [-0.2, -0.15) is 0 Å². The van der Waals surface area contributed by atoms with Crippen molar-refractivity contribution in [3.8, 4) is 22.7 Å². The number of hydrogen-bond donors (Lipinski definition) is 0. The third kappa shape index (κ3) is 3.72. The van der Waals surface area contributed by atoms with E-state index in [1.165, 1.54) is 0 Å². The number of fused-ring (bicyclic) bond motifs is 1. The third-order valence-electron chi connectivity index (χ3n) is 5.06. The van der Waals surface area contributed by atoms with E-state index >= 15 is 0 Å². The third-order valence-corrected chi connectivity index (χ3v) is 5.35. The first-order chi connectivity index (χ1) is 14.3. The molecule has 0 radical (unpaired) electrons. The second-order valence-corrected chi connectivity index (χ2v) is 7.33. The Morgan fingerprint density at radius 3 is 2.55 bits per heavy atom. The van der Waals surface area contributed by atoms with Crippen molar-refractivity contribution < 1.29 is 9.15 Å². The molecule has 29 heavy (non-hydrogen) atoms. The van der Waals surface area contributed by atoms with Crippen LogP contribution in [0.4, 0.5) is 0 Å². The molecule has 0 aliphatic carbocycles. The zero-order chi connectivity index (χ0) is 19.6. The van der Waals surface area contributed by atoms with Crippen LogP contribution in [0.1, 0.15) is 0 Å². The number of hydrogen-bond acceptors (Lipinski definition) is 6. The van der Waals surface area contributed by atoms with Gasteiger partial charge in [-0.15, -0.1) is 5.10 Å². The van der Waals surface area contributed by atoms with Gasteiger partial charge in [0.25, 0.3) is 4.84 Å². The molecule has 146 valence electrons. The van der Waals surface area contributed by atoms with Gasteiger partial charge in [-0.3, -0.25) is 4.90 Å². The molecule has 0 atom stereocenters. The summed E-state index contributed by atoms with van der Waals surface area (Å²) < 4.78 is 13.1. The van der Waals surface area contributed by atoms with Crippen LogP contribution in [0.15, 0.2) is 65.1 Å². The molecule has 1 fully saturated rings. The largest absolute Gasteiger partial charge is 0.409 e. The van der Waals surface area contributed by atoms with Crippen LogP contribution in [0.25, 0.3) is 33.6 Å². The van der Waals surface area contributed by atoms with Crippen LogP contribution in [0.3, 0.4) is 0 Å². The average Bonchev–Trinajstić information content (AvgIpc) is 3.14. The highest BCUT2D eigenvalue weighted by atomic mass is 32.1. The molecular weight excluding hydrogens is 384 g/mol. The monoisotopic (exact) mass is 404 g/mol. The van der Waals surface area contributed by atoms with Crippen molar-refractivity contribution in [3.63, 3.8) is 0 Å². The lowest BCUT2D eigenvalue weighted by Gasteiger charge is -2.25. The van der Waals surface area contributed by atoms with Gasteiger partial charge < -0.3 is 9.15 Å². The van der Waals surface area contributed by atoms with Crippen molar-refractivity contribution in [3.05, 3.63) is 65.5 Å². The molecule has 4 aromatic rings. The number of rotatable bonds is 4. The Hall–Kier alpha value is -2.87. The van der Waals surface area contributed by atoms with E-state index in [9.17, 15) is 0 Å². The number of nitrogens with zero attached hydrogens (tertiary/aromatic N) is 4. The van der Waals surface area contributed by atoms with Crippen LogP contribution in [0.2, 0.25) is 0 Å². The summed E-state index contributed by atoms with van der Waals surface area (Å²) >= 11 is 5.45. The molecule has 0 unspecified atom stereocenters. The first-order valence-electron chi connectivity index (χ1n) is 9.61. The Labute approximate surface area is 173 Å². The van der Waals surface area contributed by atoms with Crippen molar-refractivity contribution in [2.24, 2.45) is 0 Å². The summed E-state index contributed by atoms with van der Waals surface area (Å²) in [7, 11) is 0. The van der Waals surface area contributed by atoms with E-state index in [4.69, 9.17) is 31.5 Å². The standard InChI is InChI=1S/C22H20N4O2S/c29-22-26(15-25-10-12-27-13-11-25)24-21(28-22)18-14-20(16-6-2-1-3-7-16)23-19-9-5-4-8-17(18)19/h1-9,14H,10-13,15H2. The Balaban J connectivity index is 1.59. The maximum atomic E-state index is 5.92. The lowest BCUT2D eigenvalue weighted by molar-refractivity contribution is 0.0206. The van der Waals surface area contributed by atoms with Crippen molar-refractivity contribution in [1.29, 1.82) is 0 Å². The first-order valence-corrected chi connectivity index (χ1v) is 10.0. The lowest BCUT2D eigenvalue weighted by Crippen LogP contribution is -2.37. The highest BCUT2D eigenvalue weighted by Gasteiger charge is 2.17. The van der Waals surface area contributed by atoms with Crippen molar-refractivity contribution >= 4 is 23.1 Å². The number of aromatic nitrogens is 3. The number of pyridine rings is 1. The van der Waals surface area contributed by atoms with E-state index in [-0.39, 0.29) is 0 Å². The fourth-order valence-electron chi connectivity index (χ4n) is 3.55. The summed E-state index contributed by atoms with van der Waals surface area (Å²) in [6.07, 6.45) is 0. The highest BCUT2D eigenvalue weighted by Crippen LogP contribution is 2.31. The molecule has 0 spiro atoms. The van der Waals surface area contributed by atoms with E-state index in [0.717, 1.165) is 54.0 Å². The molecular formula is C22H20N4O2S. The van der Waals surface area contributed by atoms with Gasteiger partial charge in [-0.05, 0) is 24.4 Å². The molecule has 2 aromatic carbocycles. The van der Waals surface area contributed by atoms with Gasteiger partial charge in [0.05, 0.1) is 36.7 Å². The number of para-hydroxylation sites is 1. The summed E-state index contributed by atoms with van der Waals surface area (Å²) in [6, 6.07) is 20.2. The summed E-state index contributed by atoms with van der Waals surface area (Å²) in [5.74, 6) is 0.513. The van der Waals surface area contributed by atoms with E-state index in [0.29, 0.717) is 17.4 Å². The number of benzene rings is 2. The van der Waals surface area contributed by atoms with Gasteiger partial charge in [0, 0.05) is 24.0 Å². The minimum absolute atomic E-state index is 0.369. The van der Waals surface area contributed by atoms with Gasteiger partial charge in [0.15, 0.2) is 0 Å². The Morgan fingerprint density at radius 1 is 0.966 bits per heavy atom. The Morgan fingerprint density at radius 2 is 1.72 bits per heavy atom.